The van der Waals surface area contributed by atoms with Crippen molar-refractivity contribution in [2.24, 2.45) is 0 Å². The van der Waals surface area contributed by atoms with Crippen LogP contribution in [0.3, 0.4) is 0 Å². The van der Waals surface area contributed by atoms with Crippen LogP contribution in [0.25, 0.3) is 0 Å². The Bertz CT molecular complexity index is 496. The van der Waals surface area contributed by atoms with E-state index in [0.717, 1.165) is 32.5 Å². The summed E-state index contributed by atoms with van der Waals surface area (Å²) in [5, 5.41) is 5.86. The Balaban J connectivity index is 1.61. The Hall–Kier alpha value is -1.88. The van der Waals surface area contributed by atoms with Crippen molar-refractivity contribution in [3.05, 3.63) is 35.9 Å². The van der Waals surface area contributed by atoms with Crippen molar-refractivity contribution in [3.63, 3.8) is 0 Å². The number of benzene rings is 1. The van der Waals surface area contributed by atoms with Gasteiger partial charge < -0.3 is 15.5 Å². The van der Waals surface area contributed by atoms with Crippen LogP contribution in [0, 0.1) is 0 Å². The number of carbonyl (C=O) groups is 2. The molecule has 0 aliphatic carbocycles. The summed E-state index contributed by atoms with van der Waals surface area (Å²) in [6.45, 7) is 5.82. The summed E-state index contributed by atoms with van der Waals surface area (Å²) in [6.07, 6.45) is 3.54. The van der Waals surface area contributed by atoms with E-state index >= 15 is 0 Å². The number of nitrogens with zero attached hydrogens (tertiary/aromatic N) is 1. The SMILES string of the molecule is CCCN1CCC(NC(=O)CCNC(=O)c2ccccc2)CC1. The summed E-state index contributed by atoms with van der Waals surface area (Å²) in [4.78, 5) is 26.3. The van der Waals surface area contributed by atoms with Crippen molar-refractivity contribution >= 4 is 11.8 Å². The van der Waals surface area contributed by atoms with E-state index < -0.39 is 0 Å². The maximum Gasteiger partial charge on any atom is 0.251 e. The molecule has 0 aromatic heterocycles. The van der Waals surface area contributed by atoms with Crippen molar-refractivity contribution in [1.82, 2.24) is 15.5 Å². The number of rotatable bonds is 7. The predicted molar refractivity (Wildman–Crippen MR) is 91.3 cm³/mol. The van der Waals surface area contributed by atoms with Gasteiger partial charge in [-0.2, -0.15) is 0 Å². The molecule has 1 heterocycles. The van der Waals surface area contributed by atoms with Crippen LogP contribution in [0.2, 0.25) is 0 Å². The monoisotopic (exact) mass is 317 g/mol. The van der Waals surface area contributed by atoms with Crippen LogP contribution in [0.15, 0.2) is 30.3 Å². The smallest absolute Gasteiger partial charge is 0.251 e. The summed E-state index contributed by atoms with van der Waals surface area (Å²) in [5.41, 5.74) is 0.621. The van der Waals surface area contributed by atoms with Gasteiger partial charge >= 0.3 is 0 Å². The van der Waals surface area contributed by atoms with Gasteiger partial charge in [0.25, 0.3) is 5.91 Å². The van der Waals surface area contributed by atoms with E-state index in [2.05, 4.69) is 22.5 Å². The van der Waals surface area contributed by atoms with Gasteiger partial charge in [-0.25, -0.2) is 0 Å². The fraction of sp³-hybridized carbons (Fsp3) is 0.556. The first-order valence-electron chi connectivity index (χ1n) is 8.54. The van der Waals surface area contributed by atoms with Gasteiger partial charge in [0.2, 0.25) is 5.91 Å². The van der Waals surface area contributed by atoms with Gasteiger partial charge in [0.1, 0.15) is 0 Å². The lowest BCUT2D eigenvalue weighted by molar-refractivity contribution is -0.121. The molecular weight excluding hydrogens is 290 g/mol. The van der Waals surface area contributed by atoms with Gasteiger partial charge in [0.05, 0.1) is 0 Å². The number of amides is 2. The van der Waals surface area contributed by atoms with Crippen LogP contribution in [-0.4, -0.2) is 48.9 Å². The quantitative estimate of drug-likeness (QED) is 0.806. The number of hydrogen-bond donors (Lipinski definition) is 2. The number of carbonyl (C=O) groups excluding carboxylic acids is 2. The molecule has 1 aliphatic heterocycles. The molecule has 1 aliphatic rings. The molecule has 2 amide bonds. The van der Waals surface area contributed by atoms with Crippen LogP contribution in [0.1, 0.15) is 43.0 Å². The van der Waals surface area contributed by atoms with E-state index in [1.807, 2.05) is 18.2 Å². The lowest BCUT2D eigenvalue weighted by Gasteiger charge is -2.32. The van der Waals surface area contributed by atoms with Gasteiger partial charge in [0.15, 0.2) is 0 Å². The average molecular weight is 317 g/mol. The lowest BCUT2D eigenvalue weighted by atomic mass is 10.0. The third-order valence-corrected chi connectivity index (χ3v) is 4.17. The van der Waals surface area contributed by atoms with Gasteiger partial charge in [-0.3, -0.25) is 9.59 Å². The minimum atomic E-state index is -0.133. The van der Waals surface area contributed by atoms with E-state index in [1.165, 1.54) is 6.42 Å². The highest BCUT2D eigenvalue weighted by Crippen LogP contribution is 2.10. The molecule has 1 fully saturated rings. The Morgan fingerprint density at radius 1 is 1.17 bits per heavy atom. The number of hydrogen-bond acceptors (Lipinski definition) is 3. The van der Waals surface area contributed by atoms with Crippen LogP contribution in [0.4, 0.5) is 0 Å². The van der Waals surface area contributed by atoms with E-state index in [9.17, 15) is 9.59 Å². The van der Waals surface area contributed by atoms with Crippen molar-refractivity contribution < 1.29 is 9.59 Å². The zero-order chi connectivity index (χ0) is 16.5. The Morgan fingerprint density at radius 2 is 1.87 bits per heavy atom. The van der Waals surface area contributed by atoms with E-state index in [4.69, 9.17) is 0 Å². The minimum Gasteiger partial charge on any atom is -0.353 e. The number of nitrogens with one attached hydrogen (secondary N) is 2. The zero-order valence-electron chi connectivity index (χ0n) is 13.9. The summed E-state index contributed by atoms with van der Waals surface area (Å²) < 4.78 is 0. The molecule has 0 saturated carbocycles. The van der Waals surface area contributed by atoms with Gasteiger partial charge in [0, 0.05) is 37.7 Å². The van der Waals surface area contributed by atoms with Crippen LogP contribution in [-0.2, 0) is 4.79 Å². The minimum absolute atomic E-state index is 0.0207. The first-order valence-corrected chi connectivity index (χ1v) is 8.54. The van der Waals surface area contributed by atoms with Crippen LogP contribution in [0.5, 0.6) is 0 Å². The summed E-state index contributed by atoms with van der Waals surface area (Å²) >= 11 is 0. The molecular formula is C18H27N3O2. The van der Waals surface area contributed by atoms with Crippen molar-refractivity contribution in [2.45, 2.75) is 38.6 Å². The van der Waals surface area contributed by atoms with Crippen molar-refractivity contribution in [1.29, 1.82) is 0 Å². The number of likely N-dealkylation sites (tertiary alicyclic amines) is 1. The molecule has 2 N–H and O–H groups in total. The van der Waals surface area contributed by atoms with Gasteiger partial charge in [-0.15, -0.1) is 0 Å². The molecule has 23 heavy (non-hydrogen) atoms. The summed E-state index contributed by atoms with van der Waals surface area (Å²) in [5.74, 6) is -0.112. The van der Waals surface area contributed by atoms with Crippen LogP contribution >= 0.6 is 0 Å². The molecule has 0 radical (unpaired) electrons. The molecule has 0 atom stereocenters. The summed E-state index contributed by atoms with van der Waals surface area (Å²) in [6, 6.07) is 9.33. The molecule has 0 unspecified atom stereocenters. The average Bonchev–Trinajstić information content (AvgIpc) is 2.57. The fourth-order valence-electron chi connectivity index (χ4n) is 2.90. The zero-order valence-corrected chi connectivity index (χ0v) is 13.9. The maximum atomic E-state index is 12.0. The topological polar surface area (TPSA) is 61.4 Å². The molecule has 0 spiro atoms. The highest BCUT2D eigenvalue weighted by atomic mass is 16.2. The number of piperidine rings is 1. The third-order valence-electron chi connectivity index (χ3n) is 4.17. The van der Waals surface area contributed by atoms with Crippen molar-refractivity contribution in [3.8, 4) is 0 Å². The second-order valence-electron chi connectivity index (χ2n) is 6.06. The Morgan fingerprint density at radius 3 is 2.52 bits per heavy atom. The largest absolute Gasteiger partial charge is 0.353 e. The summed E-state index contributed by atoms with van der Waals surface area (Å²) in [7, 11) is 0. The van der Waals surface area contributed by atoms with Crippen LogP contribution < -0.4 is 10.6 Å². The molecule has 0 bridgehead atoms. The molecule has 5 heteroatoms. The molecule has 126 valence electrons. The Kier molecular flexibility index (Phi) is 7.07. The van der Waals surface area contributed by atoms with E-state index in [-0.39, 0.29) is 17.9 Å². The van der Waals surface area contributed by atoms with E-state index in [0.29, 0.717) is 18.5 Å². The van der Waals surface area contributed by atoms with Gasteiger partial charge in [-0.05, 0) is 37.9 Å². The highest BCUT2D eigenvalue weighted by Gasteiger charge is 2.19. The molecule has 2 rings (SSSR count). The second-order valence-corrected chi connectivity index (χ2v) is 6.06. The lowest BCUT2D eigenvalue weighted by Crippen LogP contribution is -2.45. The second kappa shape index (κ2) is 9.30. The van der Waals surface area contributed by atoms with Gasteiger partial charge in [-0.1, -0.05) is 25.1 Å². The van der Waals surface area contributed by atoms with Crippen molar-refractivity contribution in [2.75, 3.05) is 26.2 Å². The molecule has 1 aromatic carbocycles. The molecule has 5 nitrogen and oxygen atoms in total. The molecule has 1 aromatic rings. The first-order chi connectivity index (χ1) is 11.2. The predicted octanol–water partition coefficient (Wildman–Crippen LogP) is 1.80. The first kappa shape index (κ1) is 17.5. The normalized spacial score (nSPS) is 16.0. The highest BCUT2D eigenvalue weighted by molar-refractivity contribution is 5.94. The Labute approximate surface area is 138 Å². The van der Waals surface area contributed by atoms with E-state index in [1.54, 1.807) is 12.1 Å². The fourth-order valence-corrected chi connectivity index (χ4v) is 2.90. The maximum absolute atomic E-state index is 12.0. The standard InChI is InChI=1S/C18H27N3O2/c1-2-12-21-13-9-16(10-14-21)20-17(22)8-11-19-18(23)15-6-4-3-5-7-15/h3-7,16H,2,8-14H2,1H3,(H,19,23)(H,20,22). The third kappa shape index (κ3) is 6.02. The molecule has 1 saturated heterocycles.